The van der Waals surface area contributed by atoms with Gasteiger partial charge in [0.25, 0.3) is 0 Å². The quantitative estimate of drug-likeness (QED) is 0.912. The summed E-state index contributed by atoms with van der Waals surface area (Å²) in [5.74, 6) is -0.318. The zero-order valence-corrected chi connectivity index (χ0v) is 10.1. The van der Waals surface area contributed by atoms with Crippen LogP contribution in [-0.4, -0.2) is 12.0 Å². The Morgan fingerprint density at radius 1 is 1.50 bits per heavy atom. The van der Waals surface area contributed by atoms with E-state index < -0.39 is 0 Å². The van der Waals surface area contributed by atoms with E-state index in [9.17, 15) is 4.39 Å². The molecule has 1 atom stereocenters. The molecule has 0 radical (unpaired) electrons. The van der Waals surface area contributed by atoms with Crippen LogP contribution in [0, 0.1) is 5.82 Å². The Hall–Kier alpha value is -0.970. The first-order valence-electron chi connectivity index (χ1n) is 4.74. The predicted octanol–water partition coefficient (Wildman–Crippen LogP) is 3.24. The highest BCUT2D eigenvalue weighted by atomic mass is 35.5. The molecule has 84 valence electrons. The maximum atomic E-state index is 13.7. The third-order valence-corrected chi connectivity index (χ3v) is 3.34. The maximum absolute atomic E-state index is 13.7. The molecule has 0 aliphatic carbocycles. The van der Waals surface area contributed by atoms with Crippen molar-refractivity contribution < 1.29 is 4.39 Å². The SMILES string of the molecule is CNC(c1nccs1)c1ccc(Cl)cc1F. The van der Waals surface area contributed by atoms with E-state index in [4.69, 9.17) is 11.6 Å². The Balaban J connectivity index is 2.41. The van der Waals surface area contributed by atoms with Crippen LogP contribution < -0.4 is 5.32 Å². The van der Waals surface area contributed by atoms with E-state index in [0.29, 0.717) is 10.6 Å². The lowest BCUT2D eigenvalue weighted by atomic mass is 10.1. The van der Waals surface area contributed by atoms with Crippen LogP contribution in [0.5, 0.6) is 0 Å². The molecule has 0 amide bonds. The van der Waals surface area contributed by atoms with Gasteiger partial charge in [-0.2, -0.15) is 0 Å². The van der Waals surface area contributed by atoms with Crippen LogP contribution in [0.1, 0.15) is 16.6 Å². The van der Waals surface area contributed by atoms with E-state index in [1.54, 1.807) is 25.4 Å². The summed E-state index contributed by atoms with van der Waals surface area (Å²) in [7, 11) is 1.78. The Labute approximate surface area is 102 Å². The molecule has 1 aromatic carbocycles. The minimum atomic E-state index is -0.318. The van der Waals surface area contributed by atoms with Crippen molar-refractivity contribution in [1.82, 2.24) is 10.3 Å². The molecule has 0 spiro atoms. The van der Waals surface area contributed by atoms with Crippen LogP contribution in [0.2, 0.25) is 5.02 Å². The minimum Gasteiger partial charge on any atom is -0.307 e. The first-order chi connectivity index (χ1) is 7.72. The van der Waals surface area contributed by atoms with Crippen molar-refractivity contribution >= 4 is 22.9 Å². The van der Waals surface area contributed by atoms with Gasteiger partial charge in [-0.25, -0.2) is 9.37 Å². The predicted molar refractivity (Wildman–Crippen MR) is 64.4 cm³/mol. The van der Waals surface area contributed by atoms with Gasteiger partial charge in [-0.05, 0) is 19.2 Å². The summed E-state index contributed by atoms with van der Waals surface area (Å²) in [5, 5.41) is 6.15. The van der Waals surface area contributed by atoms with Crippen molar-refractivity contribution in [1.29, 1.82) is 0 Å². The van der Waals surface area contributed by atoms with Gasteiger partial charge < -0.3 is 5.32 Å². The first-order valence-corrected chi connectivity index (χ1v) is 5.99. The number of benzene rings is 1. The third kappa shape index (κ3) is 2.24. The van der Waals surface area contributed by atoms with Gasteiger partial charge in [0, 0.05) is 22.2 Å². The molecule has 1 aromatic heterocycles. The average molecular weight is 257 g/mol. The fraction of sp³-hybridized carbons (Fsp3) is 0.182. The molecule has 1 heterocycles. The molecule has 2 rings (SSSR count). The monoisotopic (exact) mass is 256 g/mol. The molecule has 0 saturated heterocycles. The Morgan fingerprint density at radius 2 is 2.31 bits per heavy atom. The summed E-state index contributed by atoms with van der Waals surface area (Å²) in [6.07, 6.45) is 1.71. The van der Waals surface area contributed by atoms with Crippen molar-refractivity contribution in [3.05, 3.63) is 51.2 Å². The zero-order valence-electron chi connectivity index (χ0n) is 8.58. The van der Waals surface area contributed by atoms with Gasteiger partial charge in [0.1, 0.15) is 10.8 Å². The molecule has 0 fully saturated rings. The second-order valence-corrected chi connectivity index (χ2v) is 4.62. The molecule has 0 saturated carbocycles. The third-order valence-electron chi connectivity index (χ3n) is 2.26. The highest BCUT2D eigenvalue weighted by Gasteiger charge is 2.18. The molecular formula is C11H10ClFN2S. The molecule has 16 heavy (non-hydrogen) atoms. The topological polar surface area (TPSA) is 24.9 Å². The number of nitrogens with one attached hydrogen (secondary N) is 1. The smallest absolute Gasteiger partial charge is 0.129 e. The summed E-state index contributed by atoms with van der Waals surface area (Å²) in [4.78, 5) is 4.18. The minimum absolute atomic E-state index is 0.225. The molecule has 5 heteroatoms. The summed E-state index contributed by atoms with van der Waals surface area (Å²) in [6, 6.07) is 4.45. The Morgan fingerprint density at radius 3 is 2.88 bits per heavy atom. The number of aromatic nitrogens is 1. The van der Waals surface area contributed by atoms with Crippen molar-refractivity contribution in [3.8, 4) is 0 Å². The number of halogens is 2. The molecule has 0 bridgehead atoms. The number of thiazole rings is 1. The van der Waals surface area contributed by atoms with Crippen LogP contribution in [0.25, 0.3) is 0 Å². The number of nitrogens with zero attached hydrogens (tertiary/aromatic N) is 1. The molecular weight excluding hydrogens is 247 g/mol. The van der Waals surface area contributed by atoms with Crippen molar-refractivity contribution in [3.63, 3.8) is 0 Å². The van der Waals surface area contributed by atoms with Crippen molar-refractivity contribution in [2.45, 2.75) is 6.04 Å². The fourth-order valence-electron chi connectivity index (χ4n) is 1.52. The van der Waals surface area contributed by atoms with E-state index in [1.165, 1.54) is 17.4 Å². The van der Waals surface area contributed by atoms with Crippen molar-refractivity contribution in [2.75, 3.05) is 7.05 Å². The highest BCUT2D eigenvalue weighted by molar-refractivity contribution is 7.09. The normalized spacial score (nSPS) is 12.7. The van der Waals surface area contributed by atoms with Crippen LogP contribution in [0.4, 0.5) is 4.39 Å². The van der Waals surface area contributed by atoms with Crippen LogP contribution in [-0.2, 0) is 0 Å². The highest BCUT2D eigenvalue weighted by Crippen LogP contribution is 2.27. The van der Waals surface area contributed by atoms with Gasteiger partial charge in [-0.3, -0.25) is 0 Å². The first kappa shape index (κ1) is 11.5. The lowest BCUT2D eigenvalue weighted by molar-refractivity contribution is 0.575. The largest absolute Gasteiger partial charge is 0.307 e. The molecule has 0 aliphatic heterocycles. The van der Waals surface area contributed by atoms with Crippen molar-refractivity contribution in [2.24, 2.45) is 0 Å². The lowest BCUT2D eigenvalue weighted by Crippen LogP contribution is -2.18. The van der Waals surface area contributed by atoms with E-state index in [2.05, 4.69) is 10.3 Å². The molecule has 1 N–H and O–H groups in total. The molecule has 2 aromatic rings. The van der Waals surface area contributed by atoms with E-state index >= 15 is 0 Å². The average Bonchev–Trinajstić information content (AvgIpc) is 2.75. The summed E-state index contributed by atoms with van der Waals surface area (Å²) >= 11 is 7.21. The van der Waals surface area contributed by atoms with Crippen LogP contribution in [0.15, 0.2) is 29.8 Å². The van der Waals surface area contributed by atoms with Gasteiger partial charge in [0.2, 0.25) is 0 Å². The molecule has 1 unspecified atom stereocenters. The molecule has 0 aliphatic rings. The Kier molecular flexibility index (Phi) is 3.53. The number of hydrogen-bond donors (Lipinski definition) is 1. The summed E-state index contributed by atoms with van der Waals surface area (Å²) in [5.41, 5.74) is 0.557. The van der Waals surface area contributed by atoms with E-state index in [0.717, 1.165) is 5.01 Å². The summed E-state index contributed by atoms with van der Waals surface area (Å²) < 4.78 is 13.7. The standard InChI is InChI=1S/C11H10ClFN2S/c1-14-10(11-15-4-5-16-11)8-3-2-7(12)6-9(8)13/h2-6,10,14H,1H3. The Bertz CT molecular complexity index is 473. The summed E-state index contributed by atoms with van der Waals surface area (Å²) in [6.45, 7) is 0. The van der Waals surface area contributed by atoms with Gasteiger partial charge in [-0.15, -0.1) is 11.3 Å². The van der Waals surface area contributed by atoms with Gasteiger partial charge in [-0.1, -0.05) is 17.7 Å². The van der Waals surface area contributed by atoms with E-state index in [1.807, 2.05) is 5.38 Å². The fourth-order valence-corrected chi connectivity index (χ4v) is 2.45. The van der Waals surface area contributed by atoms with E-state index in [-0.39, 0.29) is 11.9 Å². The lowest BCUT2D eigenvalue weighted by Gasteiger charge is -2.14. The second kappa shape index (κ2) is 4.91. The van der Waals surface area contributed by atoms with Gasteiger partial charge >= 0.3 is 0 Å². The van der Waals surface area contributed by atoms with Gasteiger partial charge in [0.15, 0.2) is 0 Å². The van der Waals surface area contributed by atoms with Crippen LogP contribution >= 0.6 is 22.9 Å². The molecule has 2 nitrogen and oxygen atoms in total. The van der Waals surface area contributed by atoms with Gasteiger partial charge in [0.05, 0.1) is 6.04 Å². The van der Waals surface area contributed by atoms with Crippen LogP contribution in [0.3, 0.4) is 0 Å². The maximum Gasteiger partial charge on any atom is 0.129 e. The second-order valence-electron chi connectivity index (χ2n) is 3.26. The number of rotatable bonds is 3. The number of hydrogen-bond acceptors (Lipinski definition) is 3. The zero-order chi connectivity index (χ0) is 11.5.